The number of esters is 1. The first kappa shape index (κ1) is 14.9. The molecular weight excluding hydrogens is 264 g/mol. The highest BCUT2D eigenvalue weighted by atomic mass is 16.5. The van der Waals surface area contributed by atoms with E-state index in [2.05, 4.69) is 25.2 Å². The maximum Gasteiger partial charge on any atom is 0.337 e. The molecule has 110 valence electrons. The number of carbonyl (C=O) groups excluding carboxylic acids is 1. The van der Waals surface area contributed by atoms with Gasteiger partial charge in [0.25, 0.3) is 0 Å². The lowest BCUT2D eigenvalue weighted by atomic mass is 10.0. The first-order valence-corrected chi connectivity index (χ1v) is 6.86. The zero-order valence-electron chi connectivity index (χ0n) is 12.5. The lowest BCUT2D eigenvalue weighted by molar-refractivity contribution is 0.0601. The summed E-state index contributed by atoms with van der Waals surface area (Å²) in [5, 5.41) is 3.31. The number of nitrogen functional groups attached to an aromatic ring is 1. The third-order valence-corrected chi connectivity index (χ3v) is 3.33. The Morgan fingerprint density at radius 1 is 1.14 bits per heavy atom. The van der Waals surface area contributed by atoms with Crippen LogP contribution in [0.1, 0.15) is 35.7 Å². The molecule has 0 saturated heterocycles. The zero-order valence-corrected chi connectivity index (χ0v) is 12.5. The van der Waals surface area contributed by atoms with E-state index in [0.717, 1.165) is 5.69 Å². The van der Waals surface area contributed by atoms with Crippen LogP contribution in [0.2, 0.25) is 0 Å². The van der Waals surface area contributed by atoms with E-state index in [1.165, 1.54) is 12.7 Å². The van der Waals surface area contributed by atoms with Crippen molar-refractivity contribution in [3.8, 4) is 0 Å². The smallest absolute Gasteiger partial charge is 0.337 e. The van der Waals surface area contributed by atoms with Crippen molar-refractivity contribution >= 4 is 23.0 Å². The summed E-state index contributed by atoms with van der Waals surface area (Å²) >= 11 is 0. The summed E-state index contributed by atoms with van der Waals surface area (Å²) in [4.78, 5) is 11.6. The van der Waals surface area contributed by atoms with Gasteiger partial charge in [-0.05, 0) is 35.7 Å². The maximum atomic E-state index is 11.6. The van der Waals surface area contributed by atoms with Gasteiger partial charge in [0.2, 0.25) is 0 Å². The second-order valence-electron chi connectivity index (χ2n) is 5.16. The van der Waals surface area contributed by atoms with Crippen molar-refractivity contribution in [2.24, 2.45) is 0 Å². The maximum absolute atomic E-state index is 11.6. The third kappa shape index (κ3) is 3.34. The molecule has 0 aliphatic heterocycles. The molecule has 2 rings (SSSR count). The van der Waals surface area contributed by atoms with Crippen LogP contribution < -0.4 is 11.1 Å². The Kier molecular flexibility index (Phi) is 4.48. The summed E-state index contributed by atoms with van der Waals surface area (Å²) in [7, 11) is 1.36. The van der Waals surface area contributed by atoms with Gasteiger partial charge in [0.05, 0.1) is 24.0 Å². The number of nitrogens with two attached hydrogens (primary N) is 1. The van der Waals surface area contributed by atoms with Crippen LogP contribution in [0, 0.1) is 0 Å². The molecule has 0 unspecified atom stereocenters. The molecule has 3 N–H and O–H groups in total. The molecule has 0 atom stereocenters. The number of ether oxygens (including phenoxy) is 1. The summed E-state index contributed by atoms with van der Waals surface area (Å²) in [5.41, 5.74) is 9.93. The van der Waals surface area contributed by atoms with Crippen LogP contribution in [-0.2, 0) is 4.74 Å². The minimum absolute atomic E-state index is 0.379. The van der Waals surface area contributed by atoms with Crippen molar-refractivity contribution in [1.82, 2.24) is 0 Å². The highest BCUT2D eigenvalue weighted by molar-refractivity contribution is 5.92. The van der Waals surface area contributed by atoms with Crippen LogP contribution in [0.3, 0.4) is 0 Å². The highest BCUT2D eigenvalue weighted by Crippen LogP contribution is 2.30. The van der Waals surface area contributed by atoms with E-state index in [1.54, 1.807) is 18.2 Å². The Bertz CT molecular complexity index is 651. The summed E-state index contributed by atoms with van der Waals surface area (Å²) < 4.78 is 4.74. The predicted octanol–water partition coefficient (Wildman–Crippen LogP) is 3.92. The number of hydrogen-bond acceptors (Lipinski definition) is 4. The molecule has 0 spiro atoms. The second kappa shape index (κ2) is 6.31. The number of anilines is 3. The summed E-state index contributed by atoms with van der Waals surface area (Å²) in [5.74, 6) is 0.00825. The van der Waals surface area contributed by atoms with Gasteiger partial charge in [0, 0.05) is 5.69 Å². The Morgan fingerprint density at radius 3 is 2.52 bits per heavy atom. The number of rotatable bonds is 4. The summed E-state index contributed by atoms with van der Waals surface area (Å²) in [6.45, 7) is 4.27. The Hall–Kier alpha value is -2.49. The molecule has 0 aliphatic carbocycles. The molecule has 0 aliphatic rings. The fourth-order valence-corrected chi connectivity index (χ4v) is 2.17. The van der Waals surface area contributed by atoms with Crippen molar-refractivity contribution in [3.63, 3.8) is 0 Å². The van der Waals surface area contributed by atoms with E-state index in [9.17, 15) is 4.79 Å². The lowest BCUT2D eigenvalue weighted by Crippen LogP contribution is -2.05. The zero-order chi connectivity index (χ0) is 15.4. The van der Waals surface area contributed by atoms with E-state index in [1.807, 2.05) is 18.2 Å². The molecule has 0 aromatic heterocycles. The fourth-order valence-electron chi connectivity index (χ4n) is 2.17. The molecule has 4 heteroatoms. The quantitative estimate of drug-likeness (QED) is 0.659. The molecule has 0 amide bonds. The highest BCUT2D eigenvalue weighted by Gasteiger charge is 2.11. The average molecular weight is 284 g/mol. The molecule has 0 heterocycles. The van der Waals surface area contributed by atoms with Gasteiger partial charge in [-0.1, -0.05) is 32.0 Å². The second-order valence-corrected chi connectivity index (χ2v) is 5.16. The minimum atomic E-state index is -0.379. The van der Waals surface area contributed by atoms with Gasteiger partial charge in [0.15, 0.2) is 0 Å². The normalized spacial score (nSPS) is 10.5. The SMILES string of the molecule is COC(=O)c1ccc(N)c(Nc2ccccc2C(C)C)c1. The van der Waals surface area contributed by atoms with Gasteiger partial charge < -0.3 is 15.8 Å². The number of carbonyl (C=O) groups is 1. The molecule has 4 nitrogen and oxygen atoms in total. The van der Waals surface area contributed by atoms with Crippen molar-refractivity contribution in [2.45, 2.75) is 19.8 Å². The first-order valence-electron chi connectivity index (χ1n) is 6.86. The molecule has 2 aromatic carbocycles. The Morgan fingerprint density at radius 2 is 1.86 bits per heavy atom. The molecule has 0 saturated carbocycles. The Balaban J connectivity index is 2.38. The standard InChI is InChI=1S/C17H20N2O2/c1-11(2)13-6-4-5-7-15(13)19-16-10-12(17(20)21-3)8-9-14(16)18/h4-11,19H,18H2,1-3H3. The van der Waals surface area contributed by atoms with Crippen LogP contribution in [0.25, 0.3) is 0 Å². The summed E-state index contributed by atoms with van der Waals surface area (Å²) in [6.07, 6.45) is 0. The van der Waals surface area contributed by atoms with E-state index >= 15 is 0 Å². The van der Waals surface area contributed by atoms with Crippen molar-refractivity contribution < 1.29 is 9.53 Å². The largest absolute Gasteiger partial charge is 0.465 e. The van der Waals surface area contributed by atoms with Crippen LogP contribution >= 0.6 is 0 Å². The molecule has 0 bridgehead atoms. The van der Waals surface area contributed by atoms with Crippen molar-refractivity contribution in [1.29, 1.82) is 0 Å². The monoisotopic (exact) mass is 284 g/mol. The fraction of sp³-hybridized carbons (Fsp3) is 0.235. The van der Waals surface area contributed by atoms with E-state index in [4.69, 9.17) is 10.5 Å². The first-order chi connectivity index (χ1) is 10.0. The minimum Gasteiger partial charge on any atom is -0.465 e. The number of methoxy groups -OCH3 is 1. The van der Waals surface area contributed by atoms with E-state index < -0.39 is 0 Å². The number of nitrogens with one attached hydrogen (secondary N) is 1. The average Bonchev–Trinajstić information content (AvgIpc) is 2.49. The van der Waals surface area contributed by atoms with Crippen LogP contribution in [0.5, 0.6) is 0 Å². The van der Waals surface area contributed by atoms with Crippen LogP contribution in [0.15, 0.2) is 42.5 Å². The number of para-hydroxylation sites is 1. The van der Waals surface area contributed by atoms with Crippen molar-refractivity contribution in [3.05, 3.63) is 53.6 Å². The number of hydrogen-bond donors (Lipinski definition) is 2. The lowest BCUT2D eigenvalue weighted by Gasteiger charge is -2.16. The van der Waals surface area contributed by atoms with E-state index in [-0.39, 0.29) is 5.97 Å². The van der Waals surface area contributed by atoms with Gasteiger partial charge in [-0.25, -0.2) is 4.79 Å². The topological polar surface area (TPSA) is 64.3 Å². The molecule has 21 heavy (non-hydrogen) atoms. The van der Waals surface area contributed by atoms with Crippen LogP contribution in [0.4, 0.5) is 17.1 Å². The van der Waals surface area contributed by atoms with Crippen LogP contribution in [-0.4, -0.2) is 13.1 Å². The Labute approximate surface area is 124 Å². The van der Waals surface area contributed by atoms with Gasteiger partial charge in [-0.2, -0.15) is 0 Å². The third-order valence-electron chi connectivity index (χ3n) is 3.33. The van der Waals surface area contributed by atoms with Gasteiger partial charge in [-0.15, -0.1) is 0 Å². The van der Waals surface area contributed by atoms with Gasteiger partial charge >= 0.3 is 5.97 Å². The predicted molar refractivity (Wildman–Crippen MR) is 86.0 cm³/mol. The number of benzene rings is 2. The van der Waals surface area contributed by atoms with Crippen molar-refractivity contribution in [2.75, 3.05) is 18.2 Å². The molecule has 0 fully saturated rings. The van der Waals surface area contributed by atoms with Gasteiger partial charge in [0.1, 0.15) is 0 Å². The van der Waals surface area contributed by atoms with E-state index in [0.29, 0.717) is 22.9 Å². The molecule has 0 radical (unpaired) electrons. The molecule has 2 aromatic rings. The summed E-state index contributed by atoms with van der Waals surface area (Å²) in [6, 6.07) is 13.1. The van der Waals surface area contributed by atoms with Gasteiger partial charge in [-0.3, -0.25) is 0 Å². The molecular formula is C17H20N2O2.